The number of carbonyl (C=O) groups is 1. The van der Waals surface area contributed by atoms with Crippen molar-refractivity contribution in [3.05, 3.63) is 72.3 Å². The van der Waals surface area contributed by atoms with Gasteiger partial charge in [-0.05, 0) is 60.8 Å². The number of aliphatic carboxylic acids is 1. The molecule has 32 heavy (non-hydrogen) atoms. The van der Waals surface area contributed by atoms with Crippen LogP contribution >= 0.6 is 0 Å². The molecule has 4 rings (SSSR count). The number of carboxylic acid groups (broad SMARTS) is 1. The smallest absolute Gasteiger partial charge is 0.328 e. The zero-order chi connectivity index (χ0) is 22.8. The van der Waals surface area contributed by atoms with Crippen molar-refractivity contribution < 1.29 is 29.4 Å². The van der Waals surface area contributed by atoms with Crippen molar-refractivity contribution in [1.82, 2.24) is 10.1 Å². The summed E-state index contributed by atoms with van der Waals surface area (Å²) in [6, 6.07) is 18.5. The van der Waals surface area contributed by atoms with Crippen molar-refractivity contribution in [3.63, 3.8) is 0 Å². The average Bonchev–Trinajstić information content (AvgIpc) is 3.22. The summed E-state index contributed by atoms with van der Waals surface area (Å²) in [6.07, 6.45) is 2.07. The molecular weight excluding hydrogens is 412 g/mol. The molecule has 2 aromatic carbocycles. The molecule has 0 bridgehead atoms. The molecule has 0 radical (unpaired) electrons. The van der Waals surface area contributed by atoms with Crippen LogP contribution in [0, 0.1) is 5.92 Å². The molecule has 8 heteroatoms. The molecule has 170 valence electrons. The Bertz CT molecular complexity index is 994. The lowest BCUT2D eigenvalue weighted by Gasteiger charge is -2.31. The minimum absolute atomic E-state index is 0.590. The zero-order valence-corrected chi connectivity index (χ0v) is 17.7. The molecule has 0 aliphatic carbocycles. The molecule has 0 spiro atoms. The molecule has 1 aliphatic rings. The molecule has 0 amide bonds. The molecule has 1 aromatic heterocycles. The van der Waals surface area contributed by atoms with Gasteiger partial charge < -0.3 is 24.6 Å². The Kier molecular flexibility index (Phi) is 8.79. The molecule has 8 nitrogen and oxygen atoms in total. The first kappa shape index (κ1) is 23.5. The zero-order valence-electron chi connectivity index (χ0n) is 17.7. The Hall–Kier alpha value is -3.20. The van der Waals surface area contributed by atoms with Crippen LogP contribution in [-0.4, -0.2) is 57.3 Å². The Labute approximate surface area is 186 Å². The van der Waals surface area contributed by atoms with Gasteiger partial charge in [-0.15, -0.1) is 0 Å². The van der Waals surface area contributed by atoms with E-state index in [0.29, 0.717) is 17.9 Å². The van der Waals surface area contributed by atoms with Gasteiger partial charge in [-0.25, -0.2) is 4.79 Å². The van der Waals surface area contributed by atoms with E-state index in [2.05, 4.69) is 40.4 Å². The second kappa shape index (κ2) is 12.0. The maximum Gasteiger partial charge on any atom is 0.328 e. The van der Waals surface area contributed by atoms with Crippen LogP contribution in [0.1, 0.15) is 18.4 Å². The summed E-state index contributed by atoms with van der Waals surface area (Å²) in [5.41, 5.74) is 2.17. The van der Waals surface area contributed by atoms with Crippen molar-refractivity contribution in [1.29, 1.82) is 0 Å². The van der Waals surface area contributed by atoms with Gasteiger partial charge in [0.1, 0.15) is 0 Å². The Morgan fingerprint density at radius 2 is 1.81 bits per heavy atom. The fourth-order valence-corrected chi connectivity index (χ4v) is 3.48. The lowest BCUT2D eigenvalue weighted by atomic mass is 9.97. The van der Waals surface area contributed by atoms with Crippen molar-refractivity contribution >= 4 is 16.9 Å². The van der Waals surface area contributed by atoms with Crippen LogP contribution in [-0.2, 0) is 11.3 Å². The summed E-state index contributed by atoms with van der Waals surface area (Å²) in [6.45, 7) is 4.02. The summed E-state index contributed by atoms with van der Waals surface area (Å²) < 4.78 is 11.2. The minimum Gasteiger partial charge on any atom is -0.478 e. The lowest BCUT2D eigenvalue weighted by Crippen LogP contribution is -2.35. The van der Waals surface area contributed by atoms with Crippen LogP contribution in [0.4, 0.5) is 0 Å². The van der Waals surface area contributed by atoms with E-state index in [0.717, 1.165) is 43.3 Å². The van der Waals surface area contributed by atoms with Crippen LogP contribution in [0.5, 0.6) is 5.88 Å². The SMILES string of the molecule is O=C(O)/C=C/C(O)O.c1ccc(CN2CCC(COc3noc4ccccc34)CC2)cc1. The highest BCUT2D eigenvalue weighted by Crippen LogP contribution is 2.26. The van der Waals surface area contributed by atoms with Crippen molar-refractivity contribution in [2.24, 2.45) is 5.92 Å². The standard InChI is InChI=1S/C20H22N2O2.C4H6O4/c1-2-6-16(7-3-1)14-22-12-10-17(11-13-22)15-23-20-18-8-4-5-9-19(18)24-21-20;5-3(6)1-2-4(7)8/h1-9,17H,10-15H2;1-3,5-6H,(H,7,8)/b;2-1+. The third-order valence-electron chi connectivity index (χ3n) is 5.17. The van der Waals surface area contributed by atoms with Gasteiger partial charge in [0.05, 0.1) is 12.0 Å². The van der Waals surface area contributed by atoms with Gasteiger partial charge in [-0.1, -0.05) is 42.5 Å². The normalized spacial score (nSPS) is 15.1. The maximum absolute atomic E-state index is 9.59. The quantitative estimate of drug-likeness (QED) is 0.379. The van der Waals surface area contributed by atoms with E-state index < -0.39 is 12.3 Å². The predicted octanol–water partition coefficient (Wildman–Crippen LogP) is 3.06. The lowest BCUT2D eigenvalue weighted by molar-refractivity contribution is -0.131. The first-order valence-electron chi connectivity index (χ1n) is 10.5. The van der Waals surface area contributed by atoms with Crippen LogP contribution in [0.2, 0.25) is 0 Å². The van der Waals surface area contributed by atoms with Gasteiger partial charge in [0, 0.05) is 12.6 Å². The van der Waals surface area contributed by atoms with E-state index in [1.807, 2.05) is 24.3 Å². The number of likely N-dealkylation sites (tertiary alicyclic amines) is 1. The number of carboxylic acids is 1. The van der Waals surface area contributed by atoms with Crippen LogP contribution in [0.3, 0.4) is 0 Å². The van der Waals surface area contributed by atoms with Crippen LogP contribution in [0.25, 0.3) is 11.0 Å². The molecular formula is C24H28N2O6. The minimum atomic E-state index is -1.67. The largest absolute Gasteiger partial charge is 0.478 e. The molecule has 0 atom stereocenters. The Balaban J connectivity index is 0.000000312. The average molecular weight is 440 g/mol. The summed E-state index contributed by atoms with van der Waals surface area (Å²) >= 11 is 0. The van der Waals surface area contributed by atoms with Crippen LogP contribution in [0.15, 0.2) is 71.3 Å². The van der Waals surface area contributed by atoms with E-state index in [4.69, 9.17) is 24.6 Å². The molecule has 0 unspecified atom stereocenters. The third kappa shape index (κ3) is 7.49. The van der Waals surface area contributed by atoms with Crippen molar-refractivity contribution in [3.8, 4) is 5.88 Å². The van der Waals surface area contributed by atoms with Gasteiger partial charge in [0.15, 0.2) is 11.9 Å². The number of rotatable bonds is 7. The molecule has 1 fully saturated rings. The van der Waals surface area contributed by atoms with Gasteiger partial charge in [-0.3, -0.25) is 4.90 Å². The number of aliphatic hydroxyl groups is 2. The first-order chi connectivity index (χ1) is 15.5. The number of benzene rings is 2. The van der Waals surface area contributed by atoms with E-state index in [1.165, 1.54) is 18.4 Å². The first-order valence-corrected chi connectivity index (χ1v) is 10.5. The maximum atomic E-state index is 9.59. The fourth-order valence-electron chi connectivity index (χ4n) is 3.48. The third-order valence-corrected chi connectivity index (χ3v) is 5.17. The summed E-state index contributed by atoms with van der Waals surface area (Å²) in [7, 11) is 0. The van der Waals surface area contributed by atoms with Crippen molar-refractivity contribution in [2.75, 3.05) is 19.7 Å². The van der Waals surface area contributed by atoms with Gasteiger partial charge in [-0.2, -0.15) is 0 Å². The number of para-hydroxylation sites is 1. The second-order valence-corrected chi connectivity index (χ2v) is 7.61. The number of piperidine rings is 1. The highest BCUT2D eigenvalue weighted by molar-refractivity contribution is 5.81. The number of hydrogen-bond acceptors (Lipinski definition) is 7. The number of aromatic nitrogens is 1. The summed E-state index contributed by atoms with van der Waals surface area (Å²) in [5.74, 6) is 0.0166. The van der Waals surface area contributed by atoms with Crippen LogP contribution < -0.4 is 4.74 Å². The molecule has 3 aromatic rings. The Morgan fingerprint density at radius 1 is 1.12 bits per heavy atom. The molecule has 1 saturated heterocycles. The van der Waals surface area contributed by atoms with Gasteiger partial charge in [0.25, 0.3) is 5.88 Å². The predicted molar refractivity (Wildman–Crippen MR) is 119 cm³/mol. The van der Waals surface area contributed by atoms with Gasteiger partial charge in [0.2, 0.25) is 0 Å². The van der Waals surface area contributed by atoms with E-state index in [-0.39, 0.29) is 0 Å². The van der Waals surface area contributed by atoms with E-state index in [9.17, 15) is 4.79 Å². The molecule has 1 aliphatic heterocycles. The van der Waals surface area contributed by atoms with E-state index >= 15 is 0 Å². The monoisotopic (exact) mass is 440 g/mol. The van der Waals surface area contributed by atoms with Gasteiger partial charge >= 0.3 is 5.97 Å². The summed E-state index contributed by atoms with van der Waals surface area (Å²) in [5, 5.41) is 28.9. The molecule has 3 N–H and O–H groups in total. The topological polar surface area (TPSA) is 116 Å². The number of ether oxygens (including phenoxy) is 1. The molecule has 0 saturated carbocycles. The highest BCUT2D eigenvalue weighted by atomic mass is 16.5. The van der Waals surface area contributed by atoms with Crippen molar-refractivity contribution in [2.45, 2.75) is 25.7 Å². The second-order valence-electron chi connectivity index (χ2n) is 7.61. The number of aliphatic hydroxyl groups excluding tert-OH is 1. The number of fused-ring (bicyclic) bond motifs is 1. The Morgan fingerprint density at radius 3 is 2.47 bits per heavy atom. The summed E-state index contributed by atoms with van der Waals surface area (Å²) in [4.78, 5) is 12.1. The number of hydrogen-bond donors (Lipinski definition) is 3. The fraction of sp³-hybridized carbons (Fsp3) is 0.333. The van der Waals surface area contributed by atoms with E-state index in [1.54, 1.807) is 0 Å². The molecule has 2 heterocycles. The number of nitrogens with zero attached hydrogens (tertiary/aromatic N) is 2. The highest BCUT2D eigenvalue weighted by Gasteiger charge is 2.20.